The zero-order valence-corrected chi connectivity index (χ0v) is 15.0. The fraction of sp³-hybridized carbons (Fsp3) is 0.706. The van der Waals surface area contributed by atoms with E-state index in [-0.39, 0.29) is 29.3 Å². The second kappa shape index (κ2) is 14.2. The summed E-state index contributed by atoms with van der Waals surface area (Å²) in [5.41, 5.74) is -0.261. The molecule has 0 spiro atoms. The fourth-order valence-electron chi connectivity index (χ4n) is 2.08. The molecule has 0 atom stereocenters. The topological polar surface area (TPSA) is 112 Å². The Hall–Kier alpha value is -1.18. The Bertz CT molecular complexity index is 431. The molecule has 0 fully saturated rings. The highest BCUT2D eigenvalue weighted by atomic mass is 32.2. The van der Waals surface area contributed by atoms with Crippen molar-refractivity contribution < 1.29 is 29.7 Å². The number of rotatable bonds is 14. The van der Waals surface area contributed by atoms with Gasteiger partial charge in [0, 0.05) is 12.8 Å². The summed E-state index contributed by atoms with van der Waals surface area (Å²) in [7, 11) is 0. The molecule has 7 heteroatoms. The first-order chi connectivity index (χ1) is 11.4. The molecule has 0 aliphatic rings. The van der Waals surface area contributed by atoms with Crippen molar-refractivity contribution in [2.75, 3.05) is 5.75 Å². The molecular weight excluding hydrogens is 332 g/mol. The average Bonchev–Trinajstić information content (AvgIpc) is 2.52. The second-order valence-corrected chi connectivity index (χ2v) is 6.64. The molecule has 0 aliphatic carbocycles. The molecule has 24 heavy (non-hydrogen) atoms. The first-order valence-corrected chi connectivity index (χ1v) is 9.35. The molecule has 0 radical (unpaired) electrons. The lowest BCUT2D eigenvalue weighted by Crippen LogP contribution is -2.14. The molecule has 0 saturated heterocycles. The van der Waals surface area contributed by atoms with E-state index in [1.807, 2.05) is 0 Å². The molecule has 0 unspecified atom stereocenters. The molecule has 0 aromatic heterocycles. The van der Waals surface area contributed by atoms with E-state index >= 15 is 0 Å². The van der Waals surface area contributed by atoms with Crippen LogP contribution in [0.5, 0.6) is 0 Å². The normalized spacial score (nSPS) is 11.8. The molecule has 0 heterocycles. The number of hydrogen-bond acceptors (Lipinski definition) is 6. The Labute approximate surface area is 147 Å². The summed E-state index contributed by atoms with van der Waals surface area (Å²) < 4.78 is 0. The highest BCUT2D eigenvalue weighted by Gasteiger charge is 2.18. The van der Waals surface area contributed by atoms with Crippen molar-refractivity contribution in [3.8, 4) is 0 Å². The summed E-state index contributed by atoms with van der Waals surface area (Å²) in [5, 5.41) is 26.1. The monoisotopic (exact) mass is 360 g/mol. The number of thioether (sulfide) groups is 1. The Morgan fingerprint density at radius 2 is 1.62 bits per heavy atom. The van der Waals surface area contributed by atoms with Crippen LogP contribution in [0.1, 0.15) is 64.7 Å². The summed E-state index contributed by atoms with van der Waals surface area (Å²) in [6, 6.07) is 0. The van der Waals surface area contributed by atoms with Crippen molar-refractivity contribution in [1.29, 1.82) is 0 Å². The fourth-order valence-corrected chi connectivity index (χ4v) is 2.66. The number of hydrogen-bond donors (Lipinski definition) is 3. The number of allylic oxidation sites excluding steroid dienone is 1. The molecule has 6 nitrogen and oxygen atoms in total. The number of carboxylic acids is 1. The van der Waals surface area contributed by atoms with Crippen LogP contribution in [0.4, 0.5) is 0 Å². The number of carbonyl (C=O) groups excluding carboxylic acids is 2. The summed E-state index contributed by atoms with van der Waals surface area (Å²) >= 11 is 0.719. The number of aliphatic carboxylic acids is 1. The summed E-state index contributed by atoms with van der Waals surface area (Å²) in [6.07, 6.45) is 6.63. The van der Waals surface area contributed by atoms with Gasteiger partial charge in [-0.2, -0.15) is 0 Å². The molecule has 0 bridgehead atoms. The van der Waals surface area contributed by atoms with Crippen molar-refractivity contribution in [3.63, 3.8) is 0 Å². The third kappa shape index (κ3) is 12.3. The molecule has 0 aromatic carbocycles. The van der Waals surface area contributed by atoms with Crippen LogP contribution in [0.25, 0.3) is 0 Å². The average molecular weight is 360 g/mol. The quantitative estimate of drug-likeness (QED) is 0.143. The first kappa shape index (κ1) is 22.8. The van der Waals surface area contributed by atoms with Crippen LogP contribution in [-0.4, -0.2) is 44.2 Å². The van der Waals surface area contributed by atoms with E-state index in [4.69, 9.17) is 15.3 Å². The van der Waals surface area contributed by atoms with Gasteiger partial charge in [0.05, 0.1) is 11.3 Å². The summed E-state index contributed by atoms with van der Waals surface area (Å²) in [4.78, 5) is 34.5. The van der Waals surface area contributed by atoms with Crippen LogP contribution in [0.2, 0.25) is 0 Å². The second-order valence-electron chi connectivity index (χ2n) is 5.57. The van der Waals surface area contributed by atoms with E-state index in [1.165, 1.54) is 25.3 Å². The molecule has 0 aromatic rings. The zero-order valence-electron chi connectivity index (χ0n) is 14.2. The maximum atomic E-state index is 11.9. The molecular formula is C17H28O6S. The van der Waals surface area contributed by atoms with Gasteiger partial charge in [-0.25, -0.2) is 4.79 Å². The summed E-state index contributed by atoms with van der Waals surface area (Å²) in [5.74, 6) is -1.99. The smallest absolute Gasteiger partial charge is 0.338 e. The van der Waals surface area contributed by atoms with Crippen LogP contribution in [0.3, 0.4) is 0 Å². The Kier molecular flexibility index (Phi) is 13.5. The maximum Gasteiger partial charge on any atom is 0.338 e. The standard InChI is InChI=1S/C17H28O6S/c1-2-3-4-5-6-7-8-9-13(17(22)23)14(18)10-11-16(21)24-12-15(19)20/h9,15,19-20H,2-8,10-12H2,1H3,(H,22,23). The highest BCUT2D eigenvalue weighted by Crippen LogP contribution is 2.13. The predicted octanol–water partition coefficient (Wildman–Crippen LogP) is 2.67. The van der Waals surface area contributed by atoms with Crippen molar-refractivity contribution in [3.05, 3.63) is 11.6 Å². The van der Waals surface area contributed by atoms with E-state index in [1.54, 1.807) is 0 Å². The number of carboxylic acid groups (broad SMARTS) is 1. The zero-order chi connectivity index (χ0) is 18.4. The highest BCUT2D eigenvalue weighted by molar-refractivity contribution is 8.13. The van der Waals surface area contributed by atoms with Gasteiger partial charge in [-0.3, -0.25) is 9.59 Å². The molecule has 0 saturated carbocycles. The minimum atomic E-state index is -1.58. The van der Waals surface area contributed by atoms with E-state index in [0.717, 1.165) is 31.0 Å². The van der Waals surface area contributed by atoms with Crippen molar-refractivity contribution >= 4 is 28.6 Å². The Morgan fingerprint density at radius 1 is 1.00 bits per heavy atom. The van der Waals surface area contributed by atoms with Gasteiger partial charge in [0.15, 0.2) is 17.2 Å². The van der Waals surface area contributed by atoms with Crippen molar-refractivity contribution in [2.45, 2.75) is 71.0 Å². The van der Waals surface area contributed by atoms with E-state index in [0.29, 0.717) is 6.42 Å². The maximum absolute atomic E-state index is 11.9. The molecule has 0 amide bonds. The van der Waals surface area contributed by atoms with Gasteiger partial charge in [0.2, 0.25) is 0 Å². The van der Waals surface area contributed by atoms with Crippen molar-refractivity contribution in [2.24, 2.45) is 0 Å². The van der Waals surface area contributed by atoms with Gasteiger partial charge in [0.25, 0.3) is 0 Å². The molecule has 138 valence electrons. The third-order valence-corrected chi connectivity index (χ3v) is 4.38. The number of Topliss-reactive ketones (excluding diaryl/α,β-unsaturated/α-hetero) is 1. The van der Waals surface area contributed by atoms with Gasteiger partial charge in [-0.05, 0) is 12.8 Å². The van der Waals surface area contributed by atoms with E-state index in [9.17, 15) is 14.4 Å². The van der Waals surface area contributed by atoms with Crippen LogP contribution in [-0.2, 0) is 14.4 Å². The predicted molar refractivity (Wildman–Crippen MR) is 93.6 cm³/mol. The van der Waals surface area contributed by atoms with E-state index in [2.05, 4.69) is 6.92 Å². The lowest BCUT2D eigenvalue weighted by atomic mass is 10.0. The Balaban J connectivity index is 4.19. The molecule has 3 N–H and O–H groups in total. The number of ketones is 1. The van der Waals surface area contributed by atoms with Crippen LogP contribution < -0.4 is 0 Å². The van der Waals surface area contributed by atoms with E-state index < -0.39 is 18.0 Å². The lowest BCUT2D eigenvalue weighted by Gasteiger charge is -2.04. The number of unbranched alkanes of at least 4 members (excludes halogenated alkanes) is 6. The van der Waals surface area contributed by atoms with Gasteiger partial charge in [0.1, 0.15) is 0 Å². The van der Waals surface area contributed by atoms with Crippen LogP contribution >= 0.6 is 11.8 Å². The van der Waals surface area contributed by atoms with Crippen LogP contribution in [0, 0.1) is 0 Å². The largest absolute Gasteiger partial charge is 0.478 e. The summed E-state index contributed by atoms with van der Waals surface area (Å²) in [6.45, 7) is 2.14. The minimum absolute atomic E-state index is 0.113. The van der Waals surface area contributed by atoms with Crippen molar-refractivity contribution in [1.82, 2.24) is 0 Å². The van der Waals surface area contributed by atoms with Gasteiger partial charge in [-0.1, -0.05) is 56.9 Å². The van der Waals surface area contributed by atoms with Gasteiger partial charge < -0.3 is 15.3 Å². The third-order valence-electron chi connectivity index (χ3n) is 3.39. The Morgan fingerprint density at radius 3 is 2.21 bits per heavy atom. The molecule has 0 aliphatic heterocycles. The number of aliphatic hydroxyl groups is 2. The van der Waals surface area contributed by atoms with Gasteiger partial charge >= 0.3 is 5.97 Å². The minimum Gasteiger partial charge on any atom is -0.478 e. The van der Waals surface area contributed by atoms with Crippen LogP contribution in [0.15, 0.2) is 11.6 Å². The number of carbonyl (C=O) groups is 3. The molecule has 0 rings (SSSR count). The first-order valence-electron chi connectivity index (χ1n) is 8.36. The van der Waals surface area contributed by atoms with Gasteiger partial charge in [-0.15, -0.1) is 0 Å². The SMILES string of the molecule is CCCCCCCCC=C(C(=O)O)C(=O)CCC(=O)SCC(O)O. The number of aliphatic hydroxyl groups excluding tert-OH is 1. The lowest BCUT2D eigenvalue weighted by molar-refractivity contribution is -0.135.